The number of carbonyl (C=O) groups is 1. The Morgan fingerprint density at radius 1 is 1.45 bits per heavy atom. The van der Waals surface area contributed by atoms with Crippen LogP contribution < -0.4 is 11.5 Å². The van der Waals surface area contributed by atoms with Gasteiger partial charge in [-0.05, 0) is 31.0 Å². The summed E-state index contributed by atoms with van der Waals surface area (Å²) in [5.74, 6) is -0.671. The van der Waals surface area contributed by atoms with Crippen LogP contribution in [0.15, 0.2) is 23.1 Å². The molecule has 20 heavy (non-hydrogen) atoms. The minimum Gasteiger partial charge on any atom is -0.398 e. The number of amides is 1. The zero-order valence-electron chi connectivity index (χ0n) is 10.8. The van der Waals surface area contributed by atoms with Crippen LogP contribution in [0.3, 0.4) is 0 Å². The first-order valence-corrected chi connectivity index (χ1v) is 7.64. The van der Waals surface area contributed by atoms with Crippen molar-refractivity contribution in [1.29, 1.82) is 0 Å². The van der Waals surface area contributed by atoms with Crippen molar-refractivity contribution in [2.45, 2.75) is 23.8 Å². The minimum atomic E-state index is -3.78. The third-order valence-corrected chi connectivity index (χ3v) is 5.44. The molecule has 0 spiro atoms. The number of hydrogen-bond donors (Lipinski definition) is 3. The molecule has 1 aliphatic rings. The Bertz CT molecular complexity index is 630. The number of rotatable bonds is 4. The maximum Gasteiger partial charge on any atom is 0.248 e. The van der Waals surface area contributed by atoms with Gasteiger partial charge in [0.1, 0.15) is 4.90 Å². The van der Waals surface area contributed by atoms with Gasteiger partial charge in [0, 0.05) is 18.2 Å². The Balaban J connectivity index is 2.42. The van der Waals surface area contributed by atoms with E-state index in [0.717, 1.165) is 0 Å². The van der Waals surface area contributed by atoms with Gasteiger partial charge in [0.05, 0.1) is 12.3 Å². The molecule has 0 radical (unpaired) electrons. The van der Waals surface area contributed by atoms with Crippen LogP contribution in [0.5, 0.6) is 0 Å². The number of hydrogen-bond acceptors (Lipinski definition) is 5. The SMILES string of the molecule is NC(=O)c1ccc(S(=O)(=O)N2CCC[C@H]2CO)c(N)c1. The monoisotopic (exact) mass is 299 g/mol. The van der Waals surface area contributed by atoms with Crippen LogP contribution >= 0.6 is 0 Å². The summed E-state index contributed by atoms with van der Waals surface area (Å²) in [6.45, 7) is 0.128. The van der Waals surface area contributed by atoms with Gasteiger partial charge in [0.25, 0.3) is 0 Å². The number of benzene rings is 1. The van der Waals surface area contributed by atoms with Crippen LogP contribution in [0.4, 0.5) is 5.69 Å². The lowest BCUT2D eigenvalue weighted by Crippen LogP contribution is -2.37. The number of nitrogen functional groups attached to an aromatic ring is 1. The minimum absolute atomic E-state index is 0.0233. The van der Waals surface area contributed by atoms with E-state index in [9.17, 15) is 18.3 Å². The maximum absolute atomic E-state index is 12.5. The second-order valence-corrected chi connectivity index (χ2v) is 6.57. The van der Waals surface area contributed by atoms with Crippen LogP contribution in [0.25, 0.3) is 0 Å². The number of anilines is 1. The first-order chi connectivity index (χ1) is 9.37. The van der Waals surface area contributed by atoms with Gasteiger partial charge in [-0.3, -0.25) is 4.79 Å². The van der Waals surface area contributed by atoms with E-state index >= 15 is 0 Å². The first kappa shape index (κ1) is 14.8. The van der Waals surface area contributed by atoms with E-state index in [1.807, 2.05) is 0 Å². The van der Waals surface area contributed by atoms with E-state index in [-0.39, 0.29) is 22.8 Å². The molecule has 1 saturated heterocycles. The number of aliphatic hydroxyl groups excluding tert-OH is 1. The quantitative estimate of drug-likeness (QED) is 0.647. The summed E-state index contributed by atoms with van der Waals surface area (Å²) in [6, 6.07) is 3.43. The smallest absolute Gasteiger partial charge is 0.248 e. The molecule has 0 saturated carbocycles. The molecule has 0 bridgehead atoms. The van der Waals surface area contributed by atoms with Crippen LogP contribution in [-0.2, 0) is 10.0 Å². The van der Waals surface area contributed by atoms with E-state index in [1.165, 1.54) is 22.5 Å². The molecule has 1 aliphatic heterocycles. The molecule has 8 heteroatoms. The molecule has 1 heterocycles. The van der Waals surface area contributed by atoms with Crippen molar-refractivity contribution in [1.82, 2.24) is 4.31 Å². The molecular weight excluding hydrogens is 282 g/mol. The van der Waals surface area contributed by atoms with Gasteiger partial charge in [0.15, 0.2) is 0 Å². The molecule has 110 valence electrons. The highest BCUT2D eigenvalue weighted by Crippen LogP contribution is 2.29. The summed E-state index contributed by atoms with van der Waals surface area (Å²) < 4.78 is 26.3. The van der Waals surface area contributed by atoms with Gasteiger partial charge >= 0.3 is 0 Å². The number of nitrogens with two attached hydrogens (primary N) is 2. The van der Waals surface area contributed by atoms with Crippen LogP contribution in [-0.4, -0.2) is 42.9 Å². The van der Waals surface area contributed by atoms with Crippen LogP contribution in [0, 0.1) is 0 Å². The highest BCUT2D eigenvalue weighted by molar-refractivity contribution is 7.89. The van der Waals surface area contributed by atoms with Crippen molar-refractivity contribution in [3.8, 4) is 0 Å². The van der Waals surface area contributed by atoms with Gasteiger partial charge in [-0.15, -0.1) is 0 Å². The Labute approximate surface area is 117 Å². The average molecular weight is 299 g/mol. The number of primary amides is 1. The maximum atomic E-state index is 12.5. The van der Waals surface area contributed by atoms with Crippen molar-refractivity contribution >= 4 is 21.6 Å². The van der Waals surface area contributed by atoms with E-state index in [0.29, 0.717) is 19.4 Å². The molecule has 0 aromatic heterocycles. The molecular formula is C12H17N3O4S. The Morgan fingerprint density at radius 3 is 2.70 bits per heavy atom. The molecule has 1 aromatic carbocycles. The normalized spacial score (nSPS) is 20.1. The topological polar surface area (TPSA) is 127 Å². The van der Waals surface area contributed by atoms with Crippen LogP contribution in [0.2, 0.25) is 0 Å². The number of carbonyl (C=O) groups excluding carboxylic acids is 1. The van der Waals surface area contributed by atoms with Gasteiger partial charge in [0.2, 0.25) is 15.9 Å². The molecule has 1 atom stereocenters. The Kier molecular flexibility index (Phi) is 3.98. The molecule has 1 aromatic rings. The summed E-state index contributed by atoms with van der Waals surface area (Å²) in [6.07, 6.45) is 1.32. The predicted molar refractivity (Wildman–Crippen MR) is 73.4 cm³/mol. The van der Waals surface area contributed by atoms with Crippen molar-refractivity contribution in [2.75, 3.05) is 18.9 Å². The fourth-order valence-corrected chi connectivity index (χ4v) is 4.15. The zero-order chi connectivity index (χ0) is 14.9. The van der Waals surface area contributed by atoms with E-state index in [1.54, 1.807) is 0 Å². The van der Waals surface area contributed by atoms with Gasteiger partial charge < -0.3 is 16.6 Å². The van der Waals surface area contributed by atoms with E-state index in [2.05, 4.69) is 0 Å². The van der Waals surface area contributed by atoms with Gasteiger partial charge in [-0.1, -0.05) is 0 Å². The first-order valence-electron chi connectivity index (χ1n) is 6.20. The second-order valence-electron chi connectivity index (χ2n) is 4.71. The molecule has 5 N–H and O–H groups in total. The Hall–Kier alpha value is -1.64. The molecule has 2 rings (SSSR count). The summed E-state index contributed by atoms with van der Waals surface area (Å²) in [7, 11) is -3.78. The summed E-state index contributed by atoms with van der Waals surface area (Å²) in [4.78, 5) is 11.0. The standard InChI is InChI=1S/C12H17N3O4S/c13-10-6-8(12(14)17)3-4-11(10)20(18,19)15-5-1-2-9(15)7-16/h3-4,6,9,16H,1-2,5,7,13H2,(H2,14,17)/t9-/m0/s1. The van der Waals surface area contributed by atoms with E-state index < -0.39 is 22.0 Å². The number of aliphatic hydroxyl groups is 1. The largest absolute Gasteiger partial charge is 0.398 e. The highest BCUT2D eigenvalue weighted by atomic mass is 32.2. The van der Waals surface area contributed by atoms with Crippen molar-refractivity contribution < 1.29 is 18.3 Å². The van der Waals surface area contributed by atoms with Crippen molar-refractivity contribution in [2.24, 2.45) is 5.73 Å². The summed E-state index contributed by atoms with van der Waals surface area (Å²) in [5, 5.41) is 9.23. The highest BCUT2D eigenvalue weighted by Gasteiger charge is 2.35. The second kappa shape index (κ2) is 5.39. The van der Waals surface area contributed by atoms with Gasteiger partial charge in [-0.25, -0.2) is 8.42 Å². The fourth-order valence-electron chi connectivity index (χ4n) is 2.37. The lowest BCUT2D eigenvalue weighted by Gasteiger charge is -2.23. The van der Waals surface area contributed by atoms with Crippen molar-refractivity contribution in [3.63, 3.8) is 0 Å². The molecule has 7 nitrogen and oxygen atoms in total. The predicted octanol–water partition coefficient (Wildman–Crippen LogP) is -0.487. The Morgan fingerprint density at radius 2 is 2.15 bits per heavy atom. The average Bonchev–Trinajstić information content (AvgIpc) is 2.87. The molecule has 1 amide bonds. The third kappa shape index (κ3) is 2.49. The number of sulfonamides is 1. The molecule has 0 unspecified atom stereocenters. The third-order valence-electron chi connectivity index (χ3n) is 3.41. The number of nitrogens with zero attached hydrogens (tertiary/aromatic N) is 1. The zero-order valence-corrected chi connectivity index (χ0v) is 11.6. The lowest BCUT2D eigenvalue weighted by molar-refractivity contribution is 0.1000. The van der Waals surface area contributed by atoms with Crippen molar-refractivity contribution in [3.05, 3.63) is 23.8 Å². The lowest BCUT2D eigenvalue weighted by atomic mass is 10.2. The van der Waals surface area contributed by atoms with Gasteiger partial charge in [-0.2, -0.15) is 4.31 Å². The summed E-state index contributed by atoms with van der Waals surface area (Å²) in [5.41, 5.74) is 11.0. The summed E-state index contributed by atoms with van der Waals surface area (Å²) >= 11 is 0. The fraction of sp³-hybridized carbons (Fsp3) is 0.417. The molecule has 1 fully saturated rings. The molecule has 0 aliphatic carbocycles. The van der Waals surface area contributed by atoms with Crippen LogP contribution in [0.1, 0.15) is 23.2 Å². The van der Waals surface area contributed by atoms with E-state index in [4.69, 9.17) is 11.5 Å².